The fourth-order valence-corrected chi connectivity index (χ4v) is 11.7. The van der Waals surface area contributed by atoms with Crippen molar-refractivity contribution in [2.45, 2.75) is 341 Å². The molecule has 0 aromatic rings. The number of phosphoric acid groups is 2. The van der Waals surface area contributed by atoms with Gasteiger partial charge in [0.05, 0.1) is 26.4 Å². The zero-order valence-electron chi connectivity index (χ0n) is 62.8. The molecule has 0 aliphatic heterocycles. The predicted molar refractivity (Wildman–Crippen MR) is 408 cm³/mol. The van der Waals surface area contributed by atoms with Gasteiger partial charge in [-0.3, -0.25) is 37.3 Å². The van der Waals surface area contributed by atoms with Crippen molar-refractivity contribution in [2.75, 3.05) is 39.6 Å². The molecule has 0 saturated heterocycles. The summed E-state index contributed by atoms with van der Waals surface area (Å²) in [5.41, 5.74) is 0. The van der Waals surface area contributed by atoms with Gasteiger partial charge >= 0.3 is 39.5 Å². The molecule has 0 aromatic heterocycles. The summed E-state index contributed by atoms with van der Waals surface area (Å²) in [6, 6.07) is 0. The van der Waals surface area contributed by atoms with Crippen molar-refractivity contribution in [3.05, 3.63) is 109 Å². The first-order chi connectivity index (χ1) is 48.7. The summed E-state index contributed by atoms with van der Waals surface area (Å²) in [5, 5.41) is 10.6. The summed E-state index contributed by atoms with van der Waals surface area (Å²) in [4.78, 5) is 72.9. The van der Waals surface area contributed by atoms with Crippen molar-refractivity contribution >= 4 is 39.5 Å². The van der Waals surface area contributed by atoms with E-state index in [2.05, 4.69) is 137 Å². The molecule has 0 aliphatic rings. The summed E-state index contributed by atoms with van der Waals surface area (Å²) < 4.78 is 68.5. The number of phosphoric ester groups is 2. The van der Waals surface area contributed by atoms with E-state index < -0.39 is 97.5 Å². The van der Waals surface area contributed by atoms with E-state index >= 15 is 0 Å². The summed E-state index contributed by atoms with van der Waals surface area (Å²) in [6.07, 6.45) is 77.8. The van der Waals surface area contributed by atoms with Gasteiger partial charge in [0.15, 0.2) is 12.2 Å². The molecule has 0 fully saturated rings. The van der Waals surface area contributed by atoms with Crippen molar-refractivity contribution in [1.29, 1.82) is 0 Å². The van der Waals surface area contributed by atoms with Crippen molar-refractivity contribution in [3.63, 3.8) is 0 Å². The molecule has 100 heavy (non-hydrogen) atoms. The van der Waals surface area contributed by atoms with Crippen LogP contribution in [0.4, 0.5) is 0 Å². The fraction of sp³-hybridized carbons (Fsp3) is 0.728. The Kier molecular flexibility index (Phi) is 69.9. The van der Waals surface area contributed by atoms with Crippen LogP contribution in [0.3, 0.4) is 0 Å². The minimum absolute atomic E-state index is 0.0741. The van der Waals surface area contributed by atoms with Crippen LogP contribution in [0.25, 0.3) is 0 Å². The molecular weight excluding hydrogens is 1310 g/mol. The number of hydrogen-bond donors (Lipinski definition) is 3. The molecule has 0 amide bonds. The third-order valence-corrected chi connectivity index (χ3v) is 18.0. The van der Waals surface area contributed by atoms with Gasteiger partial charge in [-0.2, -0.15) is 0 Å². The van der Waals surface area contributed by atoms with E-state index in [1.807, 2.05) is 0 Å². The smallest absolute Gasteiger partial charge is 0.462 e. The second kappa shape index (κ2) is 73.0. The number of esters is 4. The van der Waals surface area contributed by atoms with Gasteiger partial charge in [0.2, 0.25) is 0 Å². The highest BCUT2D eigenvalue weighted by Crippen LogP contribution is 2.45. The Morgan fingerprint density at radius 3 is 0.790 bits per heavy atom. The number of aliphatic hydroxyl groups is 1. The van der Waals surface area contributed by atoms with Gasteiger partial charge in [-0.25, -0.2) is 9.13 Å². The molecule has 3 N–H and O–H groups in total. The first-order valence-corrected chi connectivity index (χ1v) is 42.1. The lowest BCUT2D eigenvalue weighted by atomic mass is 10.1. The Morgan fingerprint density at radius 2 is 0.510 bits per heavy atom. The number of allylic oxidation sites excluding steroid dienone is 18. The summed E-state index contributed by atoms with van der Waals surface area (Å²) in [6.45, 7) is 4.64. The number of carbonyl (C=O) groups excluding carboxylic acids is 4. The molecule has 0 saturated carbocycles. The van der Waals surface area contributed by atoms with Gasteiger partial charge in [0.1, 0.15) is 19.3 Å². The molecular formula is C81H140O17P2. The Morgan fingerprint density at radius 1 is 0.280 bits per heavy atom. The van der Waals surface area contributed by atoms with Gasteiger partial charge in [-0.05, 0) is 148 Å². The normalized spacial score (nSPS) is 14.5. The van der Waals surface area contributed by atoms with Gasteiger partial charge in [0.25, 0.3) is 0 Å². The maximum absolute atomic E-state index is 13.1. The Bertz CT molecular complexity index is 2320. The maximum atomic E-state index is 13.1. The van der Waals surface area contributed by atoms with E-state index in [1.54, 1.807) is 0 Å². The van der Waals surface area contributed by atoms with Crippen LogP contribution in [0, 0.1) is 0 Å². The quantitative estimate of drug-likeness (QED) is 0.0169. The highest BCUT2D eigenvalue weighted by atomic mass is 31.2. The first kappa shape index (κ1) is 95.7. The Labute approximate surface area is 607 Å². The van der Waals surface area contributed by atoms with Crippen LogP contribution in [0.1, 0.15) is 323 Å². The zero-order valence-corrected chi connectivity index (χ0v) is 64.6. The summed E-state index contributed by atoms with van der Waals surface area (Å²) in [7, 11) is -9.97. The van der Waals surface area contributed by atoms with E-state index in [0.717, 1.165) is 205 Å². The van der Waals surface area contributed by atoms with E-state index in [-0.39, 0.29) is 25.7 Å². The third-order valence-electron chi connectivity index (χ3n) is 16.1. The topological polar surface area (TPSA) is 237 Å². The SMILES string of the molecule is CCC/C=C\C/C=C\CCCCCCCC(=O)OC(COC(=O)CCCCCCC/C=C\C/C=C\CCCCC)COP(=O)(O)OCC(O)COP(=O)(O)OCC(COC(=O)CCCCCCCC/C=C\C/C=C\C/C=C\CCCCC)OC(=O)CCCCCCC/C=C\C/C=C\CCC. The summed E-state index contributed by atoms with van der Waals surface area (Å²) in [5.74, 6) is -2.23. The second-order valence-electron chi connectivity index (χ2n) is 25.9. The third kappa shape index (κ3) is 72.1. The molecule has 17 nitrogen and oxygen atoms in total. The number of unbranched alkanes of at least 4 members (excludes halogenated alkanes) is 29. The van der Waals surface area contributed by atoms with Crippen molar-refractivity contribution in [1.82, 2.24) is 0 Å². The van der Waals surface area contributed by atoms with Crippen LogP contribution in [0.2, 0.25) is 0 Å². The number of aliphatic hydroxyl groups excluding tert-OH is 1. The van der Waals surface area contributed by atoms with E-state index in [4.69, 9.17) is 37.0 Å². The second-order valence-corrected chi connectivity index (χ2v) is 28.8. The average Bonchev–Trinajstić information content (AvgIpc) is 0.929. The molecule has 5 unspecified atom stereocenters. The Balaban J connectivity index is 5.35. The fourth-order valence-electron chi connectivity index (χ4n) is 10.2. The minimum atomic E-state index is -4.98. The van der Waals surface area contributed by atoms with Gasteiger partial charge < -0.3 is 33.8 Å². The van der Waals surface area contributed by atoms with Gasteiger partial charge in [-0.15, -0.1) is 0 Å². The van der Waals surface area contributed by atoms with Crippen LogP contribution in [0.5, 0.6) is 0 Å². The first-order valence-electron chi connectivity index (χ1n) is 39.1. The molecule has 0 rings (SSSR count). The van der Waals surface area contributed by atoms with E-state index in [1.165, 1.54) is 38.5 Å². The molecule has 0 spiro atoms. The van der Waals surface area contributed by atoms with Gasteiger partial charge in [0, 0.05) is 25.7 Å². The lowest BCUT2D eigenvalue weighted by molar-refractivity contribution is -0.161. The molecule has 0 bridgehead atoms. The van der Waals surface area contributed by atoms with Crippen molar-refractivity contribution in [2.24, 2.45) is 0 Å². The van der Waals surface area contributed by atoms with Crippen molar-refractivity contribution < 1.29 is 80.2 Å². The van der Waals surface area contributed by atoms with Crippen LogP contribution in [-0.4, -0.2) is 96.7 Å². The molecule has 5 atom stereocenters. The monoisotopic (exact) mass is 1450 g/mol. The van der Waals surface area contributed by atoms with Crippen LogP contribution in [0.15, 0.2) is 109 Å². The molecule has 0 heterocycles. The van der Waals surface area contributed by atoms with E-state index in [0.29, 0.717) is 25.7 Å². The van der Waals surface area contributed by atoms with Crippen LogP contribution < -0.4 is 0 Å². The molecule has 0 aliphatic carbocycles. The van der Waals surface area contributed by atoms with Crippen molar-refractivity contribution in [3.8, 4) is 0 Å². The van der Waals surface area contributed by atoms with E-state index in [9.17, 15) is 43.2 Å². The largest absolute Gasteiger partial charge is 0.472 e. The predicted octanol–water partition coefficient (Wildman–Crippen LogP) is 22.6. The number of hydrogen-bond acceptors (Lipinski definition) is 15. The zero-order chi connectivity index (χ0) is 73.2. The number of rotatable bonds is 73. The van der Waals surface area contributed by atoms with Gasteiger partial charge in [-0.1, -0.05) is 259 Å². The van der Waals surface area contributed by atoms with Crippen LogP contribution in [-0.2, 0) is 65.4 Å². The standard InChI is InChI=1S/C81H140O17P2/c1-5-9-13-17-21-25-29-33-35-36-37-38-40-44-46-50-54-58-62-66-79(84)92-72-77(98-81(86)68-64-60-56-52-48-42-32-28-24-20-16-12-8-4)74-96-100(89,90)94-70-75(82)69-93-99(87,88)95-73-76(97-80(85)67-63-59-55-51-47-41-31-27-23-19-15-11-7-3)71-91-78(83)65-61-57-53-49-45-43-39-34-30-26-22-18-14-10-6-2/h15-16,19-22,25-28,31-35,37-39,75-77,82H,5-14,17-18,23-24,29-30,36,40-74H2,1-4H3,(H,87,88)(H,89,90)/b19-15-,20-16-,25-21-,26-22-,31-27-,32-28-,35-33-,38-37-,39-34-. The van der Waals surface area contributed by atoms with Crippen LogP contribution >= 0.6 is 15.6 Å². The minimum Gasteiger partial charge on any atom is -0.462 e. The number of ether oxygens (including phenoxy) is 4. The maximum Gasteiger partial charge on any atom is 0.472 e. The molecule has 0 aromatic carbocycles. The average molecular weight is 1450 g/mol. The summed E-state index contributed by atoms with van der Waals surface area (Å²) >= 11 is 0. The highest BCUT2D eigenvalue weighted by Gasteiger charge is 2.30. The molecule has 0 radical (unpaired) electrons. The number of carbonyl (C=O) groups is 4. The molecule has 19 heteroatoms. The lowest BCUT2D eigenvalue weighted by Crippen LogP contribution is -2.30. The molecule has 576 valence electrons. The lowest BCUT2D eigenvalue weighted by Gasteiger charge is -2.21. The Hall–Kier alpha value is -4.28. The highest BCUT2D eigenvalue weighted by molar-refractivity contribution is 7.47.